The molecule has 2 N–H and O–H groups in total. The highest BCUT2D eigenvalue weighted by atomic mass is 19.4. The molecule has 0 fully saturated rings. The minimum absolute atomic E-state index is 0.0439. The van der Waals surface area contributed by atoms with Crippen LogP contribution in [0.2, 0.25) is 0 Å². The molecule has 0 bridgehead atoms. The molecule has 0 radical (unpaired) electrons. The number of hydrogen-bond acceptors (Lipinski definition) is 2. The zero-order valence-corrected chi connectivity index (χ0v) is 8.97. The highest BCUT2D eigenvalue weighted by Crippen LogP contribution is 2.23. The molecule has 0 atom stereocenters. The monoisotopic (exact) mass is 233 g/mol. The second kappa shape index (κ2) is 5.09. The quantitative estimate of drug-likeness (QED) is 0.639. The van der Waals surface area contributed by atoms with E-state index in [9.17, 15) is 13.2 Å². The lowest BCUT2D eigenvalue weighted by Gasteiger charge is -2.10. The van der Waals surface area contributed by atoms with E-state index in [0.717, 1.165) is 5.56 Å². The molecule has 0 spiro atoms. The third kappa shape index (κ3) is 4.42. The summed E-state index contributed by atoms with van der Waals surface area (Å²) in [5, 5.41) is 0. The molecule has 0 saturated heterocycles. The number of rotatable bonds is 4. The summed E-state index contributed by atoms with van der Waals surface area (Å²) in [6.07, 6.45) is -4.99. The average Bonchev–Trinajstić information content (AvgIpc) is 2.16. The number of anilines is 1. The molecule has 16 heavy (non-hydrogen) atoms. The minimum Gasteiger partial charge on any atom is -0.493 e. The van der Waals surface area contributed by atoms with E-state index in [1.165, 1.54) is 0 Å². The van der Waals surface area contributed by atoms with Crippen LogP contribution in [-0.2, 0) is 0 Å². The van der Waals surface area contributed by atoms with Crippen molar-refractivity contribution in [2.24, 2.45) is 0 Å². The van der Waals surface area contributed by atoms with Gasteiger partial charge in [0, 0.05) is 18.2 Å². The van der Waals surface area contributed by atoms with E-state index in [1.807, 2.05) is 6.92 Å². The van der Waals surface area contributed by atoms with E-state index >= 15 is 0 Å². The van der Waals surface area contributed by atoms with Crippen LogP contribution in [0.3, 0.4) is 0 Å². The molecule has 1 rings (SSSR count). The van der Waals surface area contributed by atoms with Gasteiger partial charge in [0.25, 0.3) is 0 Å². The van der Waals surface area contributed by atoms with Crippen LogP contribution >= 0.6 is 0 Å². The molecule has 0 aliphatic rings. The third-order valence-electron chi connectivity index (χ3n) is 2.07. The number of hydrogen-bond donors (Lipinski definition) is 1. The molecule has 0 amide bonds. The molecule has 0 aliphatic carbocycles. The Hall–Kier alpha value is -1.39. The van der Waals surface area contributed by atoms with Crippen LogP contribution in [0.5, 0.6) is 5.75 Å². The van der Waals surface area contributed by atoms with Gasteiger partial charge in [0.2, 0.25) is 0 Å². The molecule has 0 unspecified atom stereocenters. The molecule has 0 saturated carbocycles. The number of aryl methyl sites for hydroxylation is 1. The van der Waals surface area contributed by atoms with Gasteiger partial charge >= 0.3 is 6.18 Å². The van der Waals surface area contributed by atoms with E-state index < -0.39 is 12.6 Å². The highest BCUT2D eigenvalue weighted by molar-refractivity contribution is 5.47. The van der Waals surface area contributed by atoms with Gasteiger partial charge in [0.15, 0.2) is 0 Å². The van der Waals surface area contributed by atoms with Gasteiger partial charge in [-0.05, 0) is 25.0 Å². The van der Waals surface area contributed by atoms with Crippen molar-refractivity contribution in [3.8, 4) is 5.75 Å². The van der Waals surface area contributed by atoms with Crippen LogP contribution in [0.4, 0.5) is 18.9 Å². The van der Waals surface area contributed by atoms with E-state index in [1.54, 1.807) is 18.2 Å². The van der Waals surface area contributed by atoms with Crippen molar-refractivity contribution in [1.82, 2.24) is 0 Å². The summed E-state index contributed by atoms with van der Waals surface area (Å²) in [4.78, 5) is 0. The smallest absolute Gasteiger partial charge is 0.389 e. The minimum atomic E-state index is -4.12. The molecular weight excluding hydrogens is 219 g/mol. The van der Waals surface area contributed by atoms with Crippen molar-refractivity contribution in [2.75, 3.05) is 12.3 Å². The van der Waals surface area contributed by atoms with Gasteiger partial charge in [-0.1, -0.05) is 6.07 Å². The van der Waals surface area contributed by atoms with Crippen LogP contribution < -0.4 is 10.5 Å². The highest BCUT2D eigenvalue weighted by Gasteiger charge is 2.26. The van der Waals surface area contributed by atoms with Crippen molar-refractivity contribution < 1.29 is 17.9 Å². The first kappa shape index (κ1) is 12.7. The Labute approximate surface area is 92.2 Å². The topological polar surface area (TPSA) is 35.2 Å². The maximum Gasteiger partial charge on any atom is 0.389 e. The van der Waals surface area contributed by atoms with Crippen molar-refractivity contribution in [3.05, 3.63) is 23.8 Å². The van der Waals surface area contributed by atoms with Gasteiger partial charge in [0.1, 0.15) is 5.75 Å². The predicted molar refractivity (Wildman–Crippen MR) is 56.4 cm³/mol. The van der Waals surface area contributed by atoms with Crippen LogP contribution in [0, 0.1) is 6.92 Å². The van der Waals surface area contributed by atoms with Gasteiger partial charge in [-0.15, -0.1) is 0 Å². The second-order valence-electron chi connectivity index (χ2n) is 3.59. The summed E-state index contributed by atoms with van der Waals surface area (Å²) in [5.41, 5.74) is 6.94. The number of alkyl halides is 3. The molecular formula is C11H14F3NO. The van der Waals surface area contributed by atoms with Crippen molar-refractivity contribution in [3.63, 3.8) is 0 Å². The number of ether oxygens (including phenoxy) is 1. The summed E-state index contributed by atoms with van der Waals surface area (Å²) in [5.74, 6) is 0.544. The van der Waals surface area contributed by atoms with Gasteiger partial charge in [-0.2, -0.15) is 13.2 Å². The zero-order valence-electron chi connectivity index (χ0n) is 8.97. The SMILES string of the molecule is Cc1ccc(N)cc1OCCCC(F)(F)F. The number of halogens is 3. The Balaban J connectivity index is 2.40. The van der Waals surface area contributed by atoms with Crippen molar-refractivity contribution >= 4 is 5.69 Å². The summed E-state index contributed by atoms with van der Waals surface area (Å²) < 4.78 is 40.8. The molecule has 1 aromatic carbocycles. The molecule has 5 heteroatoms. The van der Waals surface area contributed by atoms with E-state index in [2.05, 4.69) is 0 Å². The fraction of sp³-hybridized carbons (Fsp3) is 0.455. The average molecular weight is 233 g/mol. The molecule has 0 aliphatic heterocycles. The predicted octanol–water partition coefficient (Wildman–Crippen LogP) is 3.30. The second-order valence-corrected chi connectivity index (χ2v) is 3.59. The largest absolute Gasteiger partial charge is 0.493 e. The third-order valence-corrected chi connectivity index (χ3v) is 2.07. The fourth-order valence-corrected chi connectivity index (χ4v) is 1.23. The zero-order chi connectivity index (χ0) is 12.2. The Morgan fingerprint density at radius 2 is 2.00 bits per heavy atom. The van der Waals surface area contributed by atoms with Crippen molar-refractivity contribution in [2.45, 2.75) is 25.9 Å². The first-order chi connectivity index (χ1) is 7.38. The Kier molecular flexibility index (Phi) is 4.04. The van der Waals surface area contributed by atoms with Gasteiger partial charge < -0.3 is 10.5 Å². The van der Waals surface area contributed by atoms with Gasteiger partial charge in [0.05, 0.1) is 6.61 Å². The first-order valence-corrected chi connectivity index (χ1v) is 4.94. The fourth-order valence-electron chi connectivity index (χ4n) is 1.23. The number of nitrogens with two attached hydrogens (primary N) is 1. The lowest BCUT2D eigenvalue weighted by molar-refractivity contribution is -0.136. The van der Waals surface area contributed by atoms with Gasteiger partial charge in [-0.3, -0.25) is 0 Å². The summed E-state index contributed by atoms with van der Waals surface area (Å²) >= 11 is 0. The maximum absolute atomic E-state index is 11.8. The van der Waals surface area contributed by atoms with E-state index in [4.69, 9.17) is 10.5 Å². The molecule has 1 aromatic rings. The Bertz CT molecular complexity index is 350. The van der Waals surface area contributed by atoms with Gasteiger partial charge in [-0.25, -0.2) is 0 Å². The summed E-state index contributed by atoms with van der Waals surface area (Å²) in [7, 11) is 0. The molecule has 0 heterocycles. The molecule has 0 aromatic heterocycles. The normalized spacial score (nSPS) is 11.5. The van der Waals surface area contributed by atoms with Crippen LogP contribution in [-0.4, -0.2) is 12.8 Å². The van der Waals surface area contributed by atoms with E-state index in [0.29, 0.717) is 11.4 Å². The number of benzene rings is 1. The summed E-state index contributed by atoms with van der Waals surface area (Å²) in [6.45, 7) is 1.86. The van der Waals surface area contributed by atoms with E-state index in [-0.39, 0.29) is 13.0 Å². The lowest BCUT2D eigenvalue weighted by Crippen LogP contribution is -2.10. The standard InChI is InChI=1S/C11H14F3NO/c1-8-3-4-9(15)7-10(8)16-6-2-5-11(12,13)14/h3-4,7H,2,5-6,15H2,1H3. The molecule has 2 nitrogen and oxygen atoms in total. The number of nitrogen functional groups attached to an aromatic ring is 1. The van der Waals surface area contributed by atoms with Crippen LogP contribution in [0.25, 0.3) is 0 Å². The lowest BCUT2D eigenvalue weighted by atomic mass is 10.2. The Morgan fingerprint density at radius 1 is 1.31 bits per heavy atom. The van der Waals surface area contributed by atoms with Crippen LogP contribution in [0.1, 0.15) is 18.4 Å². The van der Waals surface area contributed by atoms with Crippen LogP contribution in [0.15, 0.2) is 18.2 Å². The first-order valence-electron chi connectivity index (χ1n) is 4.94. The summed E-state index contributed by atoms with van der Waals surface area (Å²) in [6, 6.07) is 5.11. The maximum atomic E-state index is 11.8. The Morgan fingerprint density at radius 3 is 2.62 bits per heavy atom. The van der Waals surface area contributed by atoms with Crippen molar-refractivity contribution in [1.29, 1.82) is 0 Å². The molecule has 90 valence electrons.